The molecule has 0 aliphatic carbocycles. The molecule has 0 spiro atoms. The van der Waals surface area contributed by atoms with Crippen molar-refractivity contribution in [3.05, 3.63) is 29.8 Å². The van der Waals surface area contributed by atoms with Crippen molar-refractivity contribution in [1.82, 2.24) is 15.6 Å². The summed E-state index contributed by atoms with van der Waals surface area (Å²) in [5.41, 5.74) is 0.801. The van der Waals surface area contributed by atoms with E-state index in [9.17, 15) is 9.18 Å². The highest BCUT2D eigenvalue weighted by atomic mass is 19.1. The van der Waals surface area contributed by atoms with Crippen LogP contribution in [0.2, 0.25) is 0 Å². The molecule has 5 heteroatoms. The lowest BCUT2D eigenvalue weighted by atomic mass is 10.1. The lowest BCUT2D eigenvalue weighted by Gasteiger charge is -2.16. The molecule has 1 unspecified atom stereocenters. The van der Waals surface area contributed by atoms with Crippen LogP contribution < -0.4 is 10.6 Å². The number of pyridine rings is 1. The molecule has 1 atom stereocenters. The van der Waals surface area contributed by atoms with E-state index in [1.165, 1.54) is 12.3 Å². The van der Waals surface area contributed by atoms with E-state index < -0.39 is 0 Å². The molecule has 18 heavy (non-hydrogen) atoms. The van der Waals surface area contributed by atoms with Gasteiger partial charge in [0.2, 0.25) is 5.91 Å². The predicted molar refractivity (Wildman–Crippen MR) is 68.5 cm³/mol. The summed E-state index contributed by atoms with van der Waals surface area (Å²) >= 11 is 0. The number of carbonyl (C=O) groups is 1. The van der Waals surface area contributed by atoms with Crippen molar-refractivity contribution in [3.63, 3.8) is 0 Å². The van der Waals surface area contributed by atoms with Gasteiger partial charge in [0.25, 0.3) is 0 Å². The largest absolute Gasteiger partial charge is 0.356 e. The van der Waals surface area contributed by atoms with Crippen molar-refractivity contribution in [2.24, 2.45) is 0 Å². The second-order valence-electron chi connectivity index (χ2n) is 4.02. The third-order valence-electron chi connectivity index (χ3n) is 2.63. The minimum atomic E-state index is -0.337. The van der Waals surface area contributed by atoms with Gasteiger partial charge in [-0.05, 0) is 25.5 Å². The number of halogens is 1. The summed E-state index contributed by atoms with van der Waals surface area (Å²) in [7, 11) is 0. The van der Waals surface area contributed by atoms with Crippen molar-refractivity contribution in [3.8, 4) is 0 Å². The lowest BCUT2D eigenvalue weighted by Crippen LogP contribution is -2.29. The van der Waals surface area contributed by atoms with Gasteiger partial charge < -0.3 is 10.6 Å². The van der Waals surface area contributed by atoms with Crippen molar-refractivity contribution in [2.75, 3.05) is 13.1 Å². The maximum absolute atomic E-state index is 12.8. The highest BCUT2D eigenvalue weighted by molar-refractivity contribution is 5.75. The molecule has 1 rings (SSSR count). The molecule has 0 bridgehead atoms. The van der Waals surface area contributed by atoms with Gasteiger partial charge in [0.05, 0.1) is 11.9 Å². The Morgan fingerprint density at radius 2 is 2.22 bits per heavy atom. The molecule has 0 aliphatic rings. The first-order valence-electron chi connectivity index (χ1n) is 6.28. The van der Waals surface area contributed by atoms with Gasteiger partial charge in [-0.3, -0.25) is 9.78 Å². The summed E-state index contributed by atoms with van der Waals surface area (Å²) in [6.45, 7) is 5.15. The summed E-state index contributed by atoms with van der Waals surface area (Å²) < 4.78 is 12.8. The molecule has 4 nitrogen and oxygen atoms in total. The first-order chi connectivity index (χ1) is 8.67. The Morgan fingerprint density at radius 3 is 2.78 bits per heavy atom. The summed E-state index contributed by atoms with van der Waals surface area (Å²) in [6, 6.07) is 3.12. The van der Waals surface area contributed by atoms with Gasteiger partial charge in [0, 0.05) is 25.6 Å². The van der Waals surface area contributed by atoms with Crippen molar-refractivity contribution in [1.29, 1.82) is 0 Å². The highest BCUT2D eigenvalue weighted by Gasteiger charge is 2.10. The fourth-order valence-electron chi connectivity index (χ4n) is 1.70. The number of carbonyl (C=O) groups excluding carboxylic acids is 1. The molecule has 0 fully saturated rings. The van der Waals surface area contributed by atoms with Crippen LogP contribution in [0.4, 0.5) is 4.39 Å². The maximum atomic E-state index is 12.8. The van der Waals surface area contributed by atoms with Crippen LogP contribution in [0.5, 0.6) is 0 Å². The Labute approximate surface area is 107 Å². The number of rotatable bonds is 7. The molecule has 0 aliphatic heterocycles. The van der Waals surface area contributed by atoms with Gasteiger partial charge in [-0.1, -0.05) is 6.92 Å². The molecule has 0 saturated heterocycles. The van der Waals surface area contributed by atoms with Gasteiger partial charge >= 0.3 is 0 Å². The predicted octanol–water partition coefficient (Wildman–Crippen LogP) is 1.79. The van der Waals surface area contributed by atoms with Crippen LogP contribution in [0, 0.1) is 5.82 Å². The van der Waals surface area contributed by atoms with Crippen molar-refractivity contribution in [2.45, 2.75) is 32.7 Å². The molecule has 1 aromatic rings. The summed E-state index contributed by atoms with van der Waals surface area (Å²) in [4.78, 5) is 15.3. The summed E-state index contributed by atoms with van der Waals surface area (Å²) in [5.74, 6) is -0.303. The minimum Gasteiger partial charge on any atom is -0.356 e. The standard InChI is InChI=1S/C13H20FN3O/c1-3-11(12-6-5-10(14)9-17-12)16-8-7-13(18)15-4-2/h5-6,9,11,16H,3-4,7-8H2,1-2H3,(H,15,18). The topological polar surface area (TPSA) is 54.0 Å². The highest BCUT2D eigenvalue weighted by Crippen LogP contribution is 2.13. The lowest BCUT2D eigenvalue weighted by molar-refractivity contribution is -0.120. The molecule has 1 heterocycles. The van der Waals surface area contributed by atoms with Crippen LogP contribution >= 0.6 is 0 Å². The Morgan fingerprint density at radius 1 is 1.44 bits per heavy atom. The third kappa shape index (κ3) is 4.79. The monoisotopic (exact) mass is 253 g/mol. The Balaban J connectivity index is 2.42. The van der Waals surface area contributed by atoms with E-state index in [0.717, 1.165) is 12.1 Å². The Kier molecular flexibility index (Phi) is 6.28. The first kappa shape index (κ1) is 14.6. The van der Waals surface area contributed by atoms with E-state index >= 15 is 0 Å². The number of nitrogens with zero attached hydrogens (tertiary/aromatic N) is 1. The third-order valence-corrected chi connectivity index (χ3v) is 2.63. The van der Waals surface area contributed by atoms with Crippen LogP contribution in [0.15, 0.2) is 18.3 Å². The average molecular weight is 253 g/mol. The second kappa shape index (κ2) is 7.76. The van der Waals surface area contributed by atoms with E-state index in [-0.39, 0.29) is 17.8 Å². The van der Waals surface area contributed by atoms with Crippen molar-refractivity contribution >= 4 is 5.91 Å². The van der Waals surface area contributed by atoms with Crippen LogP contribution in [0.25, 0.3) is 0 Å². The van der Waals surface area contributed by atoms with E-state index in [2.05, 4.69) is 15.6 Å². The zero-order valence-electron chi connectivity index (χ0n) is 10.9. The number of amides is 1. The van der Waals surface area contributed by atoms with Crippen LogP contribution in [-0.2, 0) is 4.79 Å². The number of aromatic nitrogens is 1. The zero-order chi connectivity index (χ0) is 13.4. The molecule has 1 aromatic heterocycles. The molecule has 1 amide bonds. The zero-order valence-corrected chi connectivity index (χ0v) is 10.9. The minimum absolute atomic E-state index is 0.0342. The Bertz CT molecular complexity index is 367. The first-order valence-corrected chi connectivity index (χ1v) is 6.28. The summed E-state index contributed by atoms with van der Waals surface area (Å²) in [6.07, 6.45) is 2.49. The fourth-order valence-corrected chi connectivity index (χ4v) is 1.70. The SMILES string of the molecule is CCNC(=O)CCNC(CC)c1ccc(F)cn1. The molecular formula is C13H20FN3O. The fraction of sp³-hybridized carbons (Fsp3) is 0.538. The number of nitrogens with one attached hydrogen (secondary N) is 2. The smallest absolute Gasteiger partial charge is 0.221 e. The normalized spacial score (nSPS) is 12.2. The number of hydrogen-bond acceptors (Lipinski definition) is 3. The molecule has 0 aromatic carbocycles. The van der Waals surface area contributed by atoms with Crippen LogP contribution in [0.3, 0.4) is 0 Å². The average Bonchev–Trinajstić information content (AvgIpc) is 2.36. The van der Waals surface area contributed by atoms with Gasteiger partial charge in [-0.15, -0.1) is 0 Å². The van der Waals surface area contributed by atoms with Crippen LogP contribution in [0.1, 0.15) is 38.4 Å². The molecule has 0 radical (unpaired) electrons. The number of hydrogen-bond donors (Lipinski definition) is 2. The van der Waals surface area contributed by atoms with E-state index in [1.807, 2.05) is 13.8 Å². The maximum Gasteiger partial charge on any atom is 0.221 e. The molecular weight excluding hydrogens is 233 g/mol. The second-order valence-corrected chi connectivity index (χ2v) is 4.02. The van der Waals surface area contributed by atoms with Gasteiger partial charge in [0.15, 0.2) is 0 Å². The quantitative estimate of drug-likeness (QED) is 0.779. The van der Waals surface area contributed by atoms with Crippen molar-refractivity contribution < 1.29 is 9.18 Å². The van der Waals surface area contributed by atoms with Gasteiger partial charge in [0.1, 0.15) is 5.82 Å². The van der Waals surface area contributed by atoms with Crippen LogP contribution in [-0.4, -0.2) is 24.0 Å². The van der Waals surface area contributed by atoms with Gasteiger partial charge in [-0.25, -0.2) is 4.39 Å². The van der Waals surface area contributed by atoms with Gasteiger partial charge in [-0.2, -0.15) is 0 Å². The molecule has 100 valence electrons. The molecule has 2 N–H and O–H groups in total. The molecule has 0 saturated carbocycles. The van der Waals surface area contributed by atoms with E-state index in [1.54, 1.807) is 6.07 Å². The van der Waals surface area contributed by atoms with E-state index in [0.29, 0.717) is 19.5 Å². The Hall–Kier alpha value is -1.49. The summed E-state index contributed by atoms with van der Waals surface area (Å²) in [5, 5.41) is 5.99. The van der Waals surface area contributed by atoms with E-state index in [4.69, 9.17) is 0 Å².